The molecule has 2 aromatic rings. The molecule has 0 bridgehead atoms. The maximum atomic E-state index is 14.5. The predicted octanol–water partition coefficient (Wildman–Crippen LogP) is 1.05. The molecule has 6 heteroatoms. The Balaban J connectivity index is 2.40. The highest BCUT2D eigenvalue weighted by Gasteiger charge is 2.38. The van der Waals surface area contributed by atoms with Gasteiger partial charge in [-0.25, -0.2) is 4.39 Å². The highest BCUT2D eigenvalue weighted by molar-refractivity contribution is 5.92. The van der Waals surface area contributed by atoms with Crippen LogP contribution in [-0.4, -0.2) is 15.7 Å². The summed E-state index contributed by atoms with van der Waals surface area (Å²) in [5, 5.41) is 9.42. The van der Waals surface area contributed by atoms with Gasteiger partial charge in [0.25, 0.3) is 0 Å². The molecule has 1 aromatic carbocycles. The summed E-state index contributed by atoms with van der Waals surface area (Å²) in [6.45, 7) is 2.10. The maximum Gasteiger partial charge on any atom is 0.197 e. The number of aliphatic hydroxyl groups is 1. The van der Waals surface area contributed by atoms with Crippen molar-refractivity contribution in [2.45, 2.75) is 38.5 Å². The highest BCUT2D eigenvalue weighted by atomic mass is 19.1. The minimum atomic E-state index is -0.560. The lowest BCUT2D eigenvalue weighted by Gasteiger charge is -2.15. The molecule has 1 aliphatic carbocycles. The summed E-state index contributed by atoms with van der Waals surface area (Å²) in [6.07, 6.45) is 2.32. The van der Waals surface area contributed by atoms with Crippen LogP contribution in [0.25, 0.3) is 10.9 Å². The molecule has 112 valence electrons. The molecule has 5 N–H and O–H groups in total. The van der Waals surface area contributed by atoms with Gasteiger partial charge in [-0.2, -0.15) is 0 Å². The second-order valence-electron chi connectivity index (χ2n) is 5.52. The average molecular weight is 291 g/mol. The van der Waals surface area contributed by atoms with Crippen LogP contribution >= 0.6 is 0 Å². The summed E-state index contributed by atoms with van der Waals surface area (Å²) in [6, 6.07) is 1.62. The van der Waals surface area contributed by atoms with Crippen LogP contribution in [0.15, 0.2) is 17.1 Å². The Morgan fingerprint density at radius 3 is 2.71 bits per heavy atom. The molecule has 2 unspecified atom stereocenters. The van der Waals surface area contributed by atoms with Crippen LogP contribution in [0.2, 0.25) is 0 Å². The summed E-state index contributed by atoms with van der Waals surface area (Å²) in [5.41, 5.74) is 12.4. The van der Waals surface area contributed by atoms with Crippen molar-refractivity contribution in [1.82, 2.24) is 4.57 Å². The molecule has 0 spiro atoms. The number of hydrogen-bond donors (Lipinski definition) is 3. The number of anilines is 1. The van der Waals surface area contributed by atoms with E-state index in [0.717, 1.165) is 6.42 Å². The topological polar surface area (TPSA) is 94.3 Å². The van der Waals surface area contributed by atoms with Crippen molar-refractivity contribution >= 4 is 16.6 Å². The highest BCUT2D eigenvalue weighted by Crippen LogP contribution is 2.42. The van der Waals surface area contributed by atoms with Crippen LogP contribution in [0.4, 0.5) is 10.1 Å². The summed E-state index contributed by atoms with van der Waals surface area (Å²) in [7, 11) is 0. The summed E-state index contributed by atoms with van der Waals surface area (Å²) >= 11 is 0. The third kappa shape index (κ3) is 2.02. The Kier molecular flexibility index (Phi) is 3.22. The van der Waals surface area contributed by atoms with Crippen molar-refractivity contribution < 1.29 is 9.50 Å². The molecule has 1 fully saturated rings. The minimum Gasteiger partial charge on any atom is -0.396 e. The largest absolute Gasteiger partial charge is 0.396 e. The third-order valence-electron chi connectivity index (χ3n) is 4.20. The number of halogens is 1. The zero-order valence-corrected chi connectivity index (χ0v) is 11.8. The molecule has 1 aromatic heterocycles. The van der Waals surface area contributed by atoms with Crippen molar-refractivity contribution in [3.05, 3.63) is 39.4 Å². The molecule has 2 atom stereocenters. The molecule has 1 saturated carbocycles. The second-order valence-corrected chi connectivity index (χ2v) is 5.52. The molecule has 0 amide bonds. The van der Waals surface area contributed by atoms with Crippen LogP contribution < -0.4 is 16.9 Å². The van der Waals surface area contributed by atoms with Crippen molar-refractivity contribution in [2.24, 2.45) is 5.73 Å². The van der Waals surface area contributed by atoms with Crippen LogP contribution in [0.1, 0.15) is 30.4 Å². The van der Waals surface area contributed by atoms with Gasteiger partial charge in [0.1, 0.15) is 0 Å². The normalized spacial score (nSPS) is 21.0. The first-order chi connectivity index (χ1) is 9.99. The summed E-state index contributed by atoms with van der Waals surface area (Å²) in [5.74, 6) is -0.593. The third-order valence-corrected chi connectivity index (χ3v) is 4.20. The SMILES string of the molecule is CCn1cc(CO)c(=O)c2c(N)c(F)c(C3CC3N)cc21. The number of rotatable bonds is 3. The standard InChI is InChI=1S/C15H18FN3O2/c1-2-19-5-7(6-20)15(21)12-11(19)4-9(8-3-10(8)17)13(16)14(12)18/h4-5,8,10,20H,2-3,6,17-18H2,1H3. The number of nitrogens with zero attached hydrogens (tertiary/aromatic N) is 1. The van der Waals surface area contributed by atoms with Gasteiger partial charge in [-0.15, -0.1) is 0 Å². The molecule has 21 heavy (non-hydrogen) atoms. The van der Waals surface area contributed by atoms with Gasteiger partial charge in [0.15, 0.2) is 11.2 Å². The Morgan fingerprint density at radius 2 is 2.19 bits per heavy atom. The number of pyridine rings is 1. The van der Waals surface area contributed by atoms with Crippen LogP contribution in [-0.2, 0) is 13.2 Å². The summed E-state index contributed by atoms with van der Waals surface area (Å²) < 4.78 is 16.3. The Labute approximate surface area is 121 Å². The number of aryl methyl sites for hydroxylation is 1. The number of hydrogen-bond acceptors (Lipinski definition) is 4. The molecule has 3 rings (SSSR count). The second kappa shape index (κ2) is 4.82. The van der Waals surface area contributed by atoms with E-state index in [0.29, 0.717) is 17.6 Å². The van der Waals surface area contributed by atoms with Crippen molar-refractivity contribution in [3.8, 4) is 0 Å². The molecule has 1 heterocycles. The Morgan fingerprint density at radius 1 is 1.52 bits per heavy atom. The molecule has 0 aliphatic heterocycles. The number of nitrogen functional groups attached to an aromatic ring is 1. The minimum absolute atomic E-state index is 0.0328. The average Bonchev–Trinajstić information content (AvgIpc) is 3.19. The van der Waals surface area contributed by atoms with E-state index in [2.05, 4.69) is 0 Å². The van der Waals surface area contributed by atoms with E-state index in [9.17, 15) is 14.3 Å². The molecule has 0 saturated heterocycles. The fourth-order valence-corrected chi connectivity index (χ4v) is 2.84. The van der Waals surface area contributed by atoms with E-state index in [1.807, 2.05) is 6.92 Å². The van der Waals surface area contributed by atoms with Gasteiger partial charge in [0.2, 0.25) is 0 Å². The van der Waals surface area contributed by atoms with Gasteiger partial charge in [-0.05, 0) is 25.0 Å². The van der Waals surface area contributed by atoms with E-state index in [1.165, 1.54) is 0 Å². The lowest BCUT2D eigenvalue weighted by Crippen LogP contribution is -2.17. The molecular formula is C15H18FN3O2. The fraction of sp³-hybridized carbons (Fsp3) is 0.400. The van der Waals surface area contributed by atoms with Crippen molar-refractivity contribution in [3.63, 3.8) is 0 Å². The summed E-state index contributed by atoms with van der Waals surface area (Å²) in [4.78, 5) is 12.3. The van der Waals surface area contributed by atoms with Crippen molar-refractivity contribution in [1.29, 1.82) is 0 Å². The quantitative estimate of drug-likeness (QED) is 0.737. The maximum absolute atomic E-state index is 14.5. The first-order valence-electron chi connectivity index (χ1n) is 6.99. The molecular weight excluding hydrogens is 273 g/mol. The molecule has 0 radical (unpaired) electrons. The number of fused-ring (bicyclic) bond motifs is 1. The monoisotopic (exact) mass is 291 g/mol. The first kappa shape index (κ1) is 14.0. The van der Waals surface area contributed by atoms with Crippen molar-refractivity contribution in [2.75, 3.05) is 5.73 Å². The predicted molar refractivity (Wildman–Crippen MR) is 79.5 cm³/mol. The molecule has 5 nitrogen and oxygen atoms in total. The number of benzene rings is 1. The van der Waals surface area contributed by atoms with Gasteiger partial charge < -0.3 is 21.1 Å². The number of aliphatic hydroxyl groups excluding tert-OH is 1. The molecule has 1 aliphatic rings. The van der Waals surface area contributed by atoms with Gasteiger partial charge >= 0.3 is 0 Å². The number of aromatic nitrogens is 1. The van der Waals surface area contributed by atoms with E-state index in [-0.39, 0.29) is 28.6 Å². The van der Waals surface area contributed by atoms with Crippen LogP contribution in [0, 0.1) is 5.82 Å². The zero-order chi connectivity index (χ0) is 15.3. The van der Waals surface area contributed by atoms with Gasteiger partial charge in [-0.3, -0.25) is 4.79 Å². The Hall–Kier alpha value is -1.92. The number of nitrogens with two attached hydrogens (primary N) is 2. The van der Waals surface area contributed by atoms with E-state index < -0.39 is 17.9 Å². The Bertz CT molecular complexity index is 785. The van der Waals surface area contributed by atoms with Gasteiger partial charge in [-0.1, -0.05) is 0 Å². The zero-order valence-electron chi connectivity index (χ0n) is 11.8. The van der Waals surface area contributed by atoms with Crippen LogP contribution in [0.5, 0.6) is 0 Å². The van der Waals surface area contributed by atoms with Gasteiger partial charge in [0.05, 0.1) is 23.2 Å². The lowest BCUT2D eigenvalue weighted by atomic mass is 10.0. The van der Waals surface area contributed by atoms with Gasteiger partial charge in [0, 0.05) is 30.3 Å². The van der Waals surface area contributed by atoms with E-state index in [1.54, 1.807) is 16.8 Å². The first-order valence-corrected chi connectivity index (χ1v) is 6.99. The van der Waals surface area contributed by atoms with E-state index >= 15 is 0 Å². The smallest absolute Gasteiger partial charge is 0.197 e. The lowest BCUT2D eigenvalue weighted by molar-refractivity contribution is 0.280. The van der Waals surface area contributed by atoms with E-state index in [4.69, 9.17) is 11.5 Å². The van der Waals surface area contributed by atoms with Crippen LogP contribution in [0.3, 0.4) is 0 Å². The fourth-order valence-electron chi connectivity index (χ4n) is 2.84.